The molecule has 2 amide bonds. The number of aromatic nitrogens is 1. The lowest BCUT2D eigenvalue weighted by molar-refractivity contribution is -0.118. The molecule has 1 aliphatic heterocycles. The van der Waals surface area contributed by atoms with Crippen LogP contribution in [0.3, 0.4) is 0 Å². The van der Waals surface area contributed by atoms with Gasteiger partial charge in [-0.15, -0.1) is 11.3 Å². The summed E-state index contributed by atoms with van der Waals surface area (Å²) in [5, 5.41) is 8.76. The topological polar surface area (TPSA) is 92.5 Å². The van der Waals surface area contributed by atoms with Crippen LogP contribution in [-0.4, -0.2) is 28.6 Å². The number of carbonyl (C=O) groups excluding carboxylic acids is 2. The molecule has 6 rings (SSSR count). The number of amides is 2. The van der Waals surface area contributed by atoms with Crippen LogP contribution in [0.4, 0.5) is 5.69 Å². The molecule has 3 heterocycles. The molecule has 2 aromatic carbocycles. The highest BCUT2D eigenvalue weighted by molar-refractivity contribution is 7.12. The van der Waals surface area contributed by atoms with Crippen molar-refractivity contribution in [3.05, 3.63) is 76.6 Å². The van der Waals surface area contributed by atoms with Crippen LogP contribution in [0.2, 0.25) is 0 Å². The lowest BCUT2D eigenvalue weighted by Gasteiger charge is -2.21. The van der Waals surface area contributed by atoms with Gasteiger partial charge in [-0.25, -0.2) is 0 Å². The highest BCUT2D eigenvalue weighted by Gasteiger charge is 2.44. The Kier molecular flexibility index (Phi) is 5.45. The second-order valence-electron chi connectivity index (χ2n) is 9.04. The number of benzene rings is 2. The van der Waals surface area contributed by atoms with Gasteiger partial charge in [-0.05, 0) is 48.1 Å². The highest BCUT2D eigenvalue weighted by atomic mass is 32.1. The molecule has 8 heteroatoms. The maximum atomic E-state index is 13.4. The van der Waals surface area contributed by atoms with Gasteiger partial charge >= 0.3 is 0 Å². The smallest absolute Gasteiger partial charge is 0.262 e. The summed E-state index contributed by atoms with van der Waals surface area (Å²) >= 11 is 1.34. The van der Waals surface area contributed by atoms with Gasteiger partial charge in [0.25, 0.3) is 11.7 Å². The number of fused-ring (bicyclic) bond motifs is 2. The number of hydrogen-bond acceptors (Lipinski definition) is 5. The third-order valence-electron chi connectivity index (χ3n) is 6.63. The van der Waals surface area contributed by atoms with E-state index in [9.17, 15) is 9.59 Å². The van der Waals surface area contributed by atoms with Gasteiger partial charge in [0.15, 0.2) is 11.5 Å². The molecule has 1 atom stereocenters. The van der Waals surface area contributed by atoms with Crippen molar-refractivity contribution in [3.63, 3.8) is 0 Å². The van der Waals surface area contributed by atoms with Crippen molar-refractivity contribution < 1.29 is 19.1 Å². The molecule has 2 aliphatic rings. The third-order valence-corrected chi connectivity index (χ3v) is 7.50. The van der Waals surface area contributed by atoms with Gasteiger partial charge in [0.05, 0.1) is 4.88 Å². The van der Waals surface area contributed by atoms with E-state index in [1.807, 2.05) is 48.0 Å². The van der Waals surface area contributed by atoms with E-state index < -0.39 is 11.8 Å². The summed E-state index contributed by atoms with van der Waals surface area (Å²) in [4.78, 5) is 30.1. The number of carbonyl (C=O) groups is 2. The monoisotopic (exact) mass is 487 g/mol. The number of rotatable bonds is 6. The molecule has 0 unspecified atom stereocenters. The van der Waals surface area contributed by atoms with Gasteiger partial charge in [-0.3, -0.25) is 9.59 Å². The molecule has 1 spiro atoms. The van der Waals surface area contributed by atoms with E-state index in [0.717, 1.165) is 42.1 Å². The maximum Gasteiger partial charge on any atom is 0.262 e. The minimum absolute atomic E-state index is 0.270. The average molecular weight is 488 g/mol. The fourth-order valence-electron chi connectivity index (χ4n) is 4.89. The average Bonchev–Trinajstić information content (AvgIpc) is 3.66. The number of thiophene rings is 1. The minimum atomic E-state index is -0.768. The third kappa shape index (κ3) is 4.25. The molecular weight excluding hydrogens is 462 g/mol. The Balaban J connectivity index is 1.23. The zero-order valence-electron chi connectivity index (χ0n) is 19.0. The standard InChI is InChI=1S/C27H25N3O4S/c31-25(29-18-9-10-22-23(15-18)34-27(33-22)11-3-4-12-27)21(30-26(32)24-8-5-13-35-24)14-17-16-28-20-7-2-1-6-19(17)20/h1-2,5-10,13,15-16,21,28H,3-4,11-12,14H2,(H,29,31)(H,30,32)/t21-/m0/s1. The largest absolute Gasteiger partial charge is 0.448 e. The van der Waals surface area contributed by atoms with Crippen molar-refractivity contribution in [2.24, 2.45) is 0 Å². The summed E-state index contributed by atoms with van der Waals surface area (Å²) < 4.78 is 12.2. The number of aromatic amines is 1. The summed E-state index contributed by atoms with van der Waals surface area (Å²) in [5.41, 5.74) is 2.55. The molecule has 178 valence electrons. The summed E-state index contributed by atoms with van der Waals surface area (Å²) in [6.07, 6.45) is 6.13. The molecule has 0 saturated heterocycles. The van der Waals surface area contributed by atoms with Crippen LogP contribution in [0.1, 0.15) is 40.9 Å². The SMILES string of the molecule is O=C(N[C@@H](Cc1c[nH]c2ccccc12)C(=O)Nc1ccc2c(c1)OC1(CCCC1)O2)c1cccs1. The Morgan fingerprint density at radius 3 is 2.69 bits per heavy atom. The van der Waals surface area contributed by atoms with Gasteiger partial charge in [-0.2, -0.15) is 0 Å². The van der Waals surface area contributed by atoms with Crippen LogP contribution in [0.25, 0.3) is 10.9 Å². The van der Waals surface area contributed by atoms with Gasteiger partial charge in [0, 0.05) is 48.1 Å². The molecule has 1 fully saturated rings. The zero-order valence-corrected chi connectivity index (χ0v) is 19.8. The zero-order chi connectivity index (χ0) is 23.8. The summed E-state index contributed by atoms with van der Waals surface area (Å²) in [6, 6.07) is 16.1. The minimum Gasteiger partial charge on any atom is -0.448 e. The first-order chi connectivity index (χ1) is 17.1. The Morgan fingerprint density at radius 1 is 1.03 bits per heavy atom. The van der Waals surface area contributed by atoms with Crippen LogP contribution >= 0.6 is 11.3 Å². The van der Waals surface area contributed by atoms with Crippen LogP contribution in [-0.2, 0) is 11.2 Å². The first-order valence-corrected chi connectivity index (χ1v) is 12.7. The van der Waals surface area contributed by atoms with E-state index in [2.05, 4.69) is 15.6 Å². The van der Waals surface area contributed by atoms with Crippen molar-refractivity contribution >= 4 is 39.7 Å². The Bertz CT molecular complexity index is 1390. The van der Waals surface area contributed by atoms with Crippen LogP contribution < -0.4 is 20.1 Å². The van der Waals surface area contributed by atoms with Crippen LogP contribution in [0, 0.1) is 0 Å². The lowest BCUT2D eigenvalue weighted by atomic mass is 10.0. The molecule has 1 saturated carbocycles. The molecule has 0 bridgehead atoms. The van der Waals surface area contributed by atoms with Crippen molar-refractivity contribution in [2.45, 2.75) is 43.9 Å². The van der Waals surface area contributed by atoms with E-state index in [1.165, 1.54) is 11.3 Å². The Morgan fingerprint density at radius 2 is 1.86 bits per heavy atom. The predicted molar refractivity (Wildman–Crippen MR) is 135 cm³/mol. The molecular formula is C27H25N3O4S. The number of para-hydroxylation sites is 1. The van der Waals surface area contributed by atoms with Crippen molar-refractivity contribution in [1.29, 1.82) is 0 Å². The van der Waals surface area contributed by atoms with Crippen molar-refractivity contribution in [1.82, 2.24) is 10.3 Å². The molecule has 0 radical (unpaired) electrons. The summed E-state index contributed by atoms with van der Waals surface area (Å²) in [6.45, 7) is 0. The fourth-order valence-corrected chi connectivity index (χ4v) is 5.51. The molecule has 35 heavy (non-hydrogen) atoms. The van der Waals surface area contributed by atoms with Gasteiger partial charge in [0.1, 0.15) is 6.04 Å². The molecule has 2 aromatic heterocycles. The fraction of sp³-hybridized carbons (Fsp3) is 0.259. The lowest BCUT2D eigenvalue weighted by Crippen LogP contribution is -2.45. The van der Waals surface area contributed by atoms with Gasteiger partial charge in [0.2, 0.25) is 5.91 Å². The molecule has 3 N–H and O–H groups in total. The highest BCUT2D eigenvalue weighted by Crippen LogP contribution is 2.47. The molecule has 1 aliphatic carbocycles. The molecule has 7 nitrogen and oxygen atoms in total. The van der Waals surface area contributed by atoms with E-state index >= 15 is 0 Å². The number of ether oxygens (including phenoxy) is 2. The molecule has 4 aromatic rings. The summed E-state index contributed by atoms with van der Waals surface area (Å²) in [5.74, 6) is 0.215. The maximum absolute atomic E-state index is 13.4. The van der Waals surface area contributed by atoms with Crippen molar-refractivity contribution in [3.8, 4) is 11.5 Å². The van der Waals surface area contributed by atoms with E-state index in [4.69, 9.17) is 9.47 Å². The van der Waals surface area contributed by atoms with Crippen LogP contribution in [0.15, 0.2) is 66.2 Å². The van der Waals surface area contributed by atoms with E-state index in [0.29, 0.717) is 28.5 Å². The van der Waals surface area contributed by atoms with Gasteiger partial charge in [-0.1, -0.05) is 24.3 Å². The van der Waals surface area contributed by atoms with Crippen molar-refractivity contribution in [2.75, 3.05) is 5.32 Å². The Labute approximate surface area is 206 Å². The van der Waals surface area contributed by atoms with E-state index in [-0.39, 0.29) is 11.8 Å². The number of nitrogens with one attached hydrogen (secondary N) is 3. The number of H-pyrrole nitrogens is 1. The van der Waals surface area contributed by atoms with Gasteiger partial charge < -0.3 is 25.1 Å². The predicted octanol–water partition coefficient (Wildman–Crippen LogP) is 5.25. The normalized spacial score (nSPS) is 16.5. The van der Waals surface area contributed by atoms with Crippen LogP contribution in [0.5, 0.6) is 11.5 Å². The first kappa shape index (κ1) is 21.7. The second-order valence-corrected chi connectivity index (χ2v) is 9.99. The number of hydrogen-bond donors (Lipinski definition) is 3. The first-order valence-electron chi connectivity index (χ1n) is 11.8. The van der Waals surface area contributed by atoms with E-state index in [1.54, 1.807) is 18.2 Å². The summed E-state index contributed by atoms with van der Waals surface area (Å²) in [7, 11) is 0. The second kappa shape index (κ2) is 8.78. The quantitative estimate of drug-likeness (QED) is 0.346. The Hall–Kier alpha value is -3.78. The number of anilines is 1.